The number of fused-ring (bicyclic) bond motifs is 1. The van der Waals surface area contributed by atoms with E-state index in [1.807, 2.05) is 18.2 Å². The predicted molar refractivity (Wildman–Crippen MR) is 83.3 cm³/mol. The van der Waals surface area contributed by atoms with Crippen molar-refractivity contribution in [3.05, 3.63) is 23.2 Å². The van der Waals surface area contributed by atoms with Crippen molar-refractivity contribution >= 4 is 45.6 Å². The zero-order valence-corrected chi connectivity index (χ0v) is 12.8. The van der Waals surface area contributed by atoms with E-state index in [2.05, 4.69) is 31.1 Å². The molecule has 4 nitrogen and oxygen atoms in total. The molecule has 0 saturated carbocycles. The van der Waals surface area contributed by atoms with Crippen molar-refractivity contribution in [3.63, 3.8) is 0 Å². The number of hydrogen-bond acceptors (Lipinski definition) is 4. The molecule has 1 amide bonds. The molecular weight excluding hydrogens is 282 g/mol. The van der Waals surface area contributed by atoms with Gasteiger partial charge in [-0.15, -0.1) is 23.7 Å². The van der Waals surface area contributed by atoms with Gasteiger partial charge in [0.05, 0.1) is 21.8 Å². The summed E-state index contributed by atoms with van der Waals surface area (Å²) in [6.07, 6.45) is 0. The normalized spacial score (nSPS) is 11.2. The van der Waals surface area contributed by atoms with Crippen molar-refractivity contribution in [1.29, 1.82) is 0 Å². The van der Waals surface area contributed by atoms with Crippen LogP contribution in [0.4, 0.5) is 5.69 Å². The number of nitrogens with zero attached hydrogens (tertiary/aromatic N) is 1. The highest BCUT2D eigenvalue weighted by atomic mass is 35.5. The third kappa shape index (κ3) is 3.65. The van der Waals surface area contributed by atoms with Gasteiger partial charge >= 0.3 is 0 Å². The van der Waals surface area contributed by atoms with Crippen LogP contribution in [0.5, 0.6) is 0 Å². The molecule has 104 valence electrons. The lowest BCUT2D eigenvalue weighted by atomic mass is 9.98. The first-order chi connectivity index (χ1) is 8.40. The molecule has 3 N–H and O–H groups in total. The number of nitrogens with one attached hydrogen (secondary N) is 1. The molecule has 1 heterocycles. The van der Waals surface area contributed by atoms with Gasteiger partial charge in [-0.05, 0) is 18.2 Å². The Bertz CT molecular complexity index is 589. The summed E-state index contributed by atoms with van der Waals surface area (Å²) in [7, 11) is 0. The minimum Gasteiger partial charge on any atom is -0.325 e. The van der Waals surface area contributed by atoms with Gasteiger partial charge in [0.2, 0.25) is 5.91 Å². The van der Waals surface area contributed by atoms with Crippen molar-refractivity contribution < 1.29 is 4.79 Å². The maximum Gasteiger partial charge on any atom is 0.238 e. The van der Waals surface area contributed by atoms with Gasteiger partial charge in [0.15, 0.2) is 0 Å². The Balaban J connectivity index is 0.00000180. The SMILES string of the molecule is CC(C)(C)c1nc2ccc(NC(=O)CN)cc2s1.Cl. The number of hydrogen-bond donors (Lipinski definition) is 2. The van der Waals surface area contributed by atoms with Crippen LogP contribution >= 0.6 is 23.7 Å². The maximum atomic E-state index is 11.2. The quantitative estimate of drug-likeness (QED) is 0.896. The lowest BCUT2D eigenvalue weighted by Crippen LogP contribution is -2.21. The second-order valence-corrected chi connectivity index (χ2v) is 6.23. The van der Waals surface area contributed by atoms with E-state index in [4.69, 9.17) is 5.73 Å². The summed E-state index contributed by atoms with van der Waals surface area (Å²) in [5, 5.41) is 3.84. The summed E-state index contributed by atoms with van der Waals surface area (Å²) < 4.78 is 1.08. The molecule has 1 aromatic heterocycles. The first kappa shape index (κ1) is 15.9. The number of halogens is 1. The van der Waals surface area contributed by atoms with Crippen molar-refractivity contribution in [3.8, 4) is 0 Å². The van der Waals surface area contributed by atoms with Gasteiger partial charge in [-0.1, -0.05) is 20.8 Å². The number of aromatic nitrogens is 1. The Morgan fingerprint density at radius 1 is 1.42 bits per heavy atom. The maximum absolute atomic E-state index is 11.2. The Morgan fingerprint density at radius 3 is 2.68 bits per heavy atom. The van der Waals surface area contributed by atoms with Crippen LogP contribution < -0.4 is 11.1 Å². The zero-order chi connectivity index (χ0) is 13.3. The number of amides is 1. The minimum absolute atomic E-state index is 0. The molecule has 0 aliphatic carbocycles. The Kier molecular flexibility index (Phi) is 4.90. The number of carbonyl (C=O) groups excluding carboxylic acids is 1. The molecule has 0 bridgehead atoms. The van der Waals surface area contributed by atoms with Crippen LogP contribution in [0.2, 0.25) is 0 Å². The van der Waals surface area contributed by atoms with Crippen LogP contribution in [0.3, 0.4) is 0 Å². The molecule has 6 heteroatoms. The smallest absolute Gasteiger partial charge is 0.238 e. The van der Waals surface area contributed by atoms with Gasteiger partial charge in [0.25, 0.3) is 0 Å². The largest absolute Gasteiger partial charge is 0.325 e. The highest BCUT2D eigenvalue weighted by molar-refractivity contribution is 7.18. The third-order valence-corrected chi connectivity index (χ3v) is 3.94. The average molecular weight is 300 g/mol. The van der Waals surface area contributed by atoms with Gasteiger partial charge in [-0.2, -0.15) is 0 Å². The van der Waals surface area contributed by atoms with Crippen LogP contribution in [-0.4, -0.2) is 17.4 Å². The predicted octanol–water partition coefficient (Wildman–Crippen LogP) is 2.91. The lowest BCUT2D eigenvalue weighted by molar-refractivity contribution is -0.114. The number of carbonyl (C=O) groups is 1. The van der Waals surface area contributed by atoms with E-state index >= 15 is 0 Å². The molecule has 0 spiro atoms. The molecular formula is C13H18ClN3OS. The summed E-state index contributed by atoms with van der Waals surface area (Å²) in [6, 6.07) is 5.71. The van der Waals surface area contributed by atoms with Gasteiger partial charge in [-0.3, -0.25) is 4.79 Å². The summed E-state index contributed by atoms with van der Waals surface area (Å²) in [5.41, 5.74) is 7.05. The second-order valence-electron chi connectivity index (χ2n) is 5.20. The molecule has 0 unspecified atom stereocenters. The zero-order valence-electron chi connectivity index (χ0n) is 11.2. The van der Waals surface area contributed by atoms with Crippen molar-refractivity contribution in [1.82, 2.24) is 4.98 Å². The Morgan fingerprint density at radius 2 is 2.11 bits per heavy atom. The van der Waals surface area contributed by atoms with Crippen LogP contribution in [0.1, 0.15) is 25.8 Å². The minimum atomic E-state index is -0.185. The second kappa shape index (κ2) is 5.86. The molecule has 0 fully saturated rings. The van der Waals surface area contributed by atoms with E-state index < -0.39 is 0 Å². The highest BCUT2D eigenvalue weighted by Gasteiger charge is 2.18. The summed E-state index contributed by atoms with van der Waals surface area (Å²) >= 11 is 1.66. The van der Waals surface area contributed by atoms with E-state index in [0.717, 1.165) is 20.9 Å². The van der Waals surface area contributed by atoms with Gasteiger partial charge < -0.3 is 11.1 Å². The first-order valence-electron chi connectivity index (χ1n) is 5.81. The fourth-order valence-corrected chi connectivity index (χ4v) is 2.60. The monoisotopic (exact) mass is 299 g/mol. The number of rotatable bonds is 2. The molecule has 2 aromatic rings. The van der Waals surface area contributed by atoms with Crippen LogP contribution in [0.15, 0.2) is 18.2 Å². The van der Waals surface area contributed by atoms with Crippen molar-refractivity contribution in [2.75, 3.05) is 11.9 Å². The van der Waals surface area contributed by atoms with Crippen molar-refractivity contribution in [2.24, 2.45) is 5.73 Å². The van der Waals surface area contributed by atoms with E-state index in [1.165, 1.54) is 0 Å². The molecule has 0 aliphatic heterocycles. The van der Waals surface area contributed by atoms with E-state index in [1.54, 1.807) is 11.3 Å². The third-order valence-electron chi connectivity index (χ3n) is 2.50. The fraction of sp³-hybridized carbons (Fsp3) is 0.385. The van der Waals surface area contributed by atoms with Gasteiger partial charge in [0, 0.05) is 11.1 Å². The lowest BCUT2D eigenvalue weighted by Gasteiger charge is -2.13. The van der Waals surface area contributed by atoms with E-state index in [-0.39, 0.29) is 30.3 Å². The number of benzene rings is 1. The molecule has 0 radical (unpaired) electrons. The van der Waals surface area contributed by atoms with Crippen LogP contribution in [0, 0.1) is 0 Å². The first-order valence-corrected chi connectivity index (χ1v) is 6.63. The fourth-order valence-electron chi connectivity index (χ4n) is 1.54. The van der Waals surface area contributed by atoms with Crippen LogP contribution in [-0.2, 0) is 10.2 Å². The Hall–Kier alpha value is -1.17. The number of anilines is 1. The number of nitrogens with two attached hydrogens (primary N) is 1. The topological polar surface area (TPSA) is 68.0 Å². The molecule has 0 aliphatic rings. The summed E-state index contributed by atoms with van der Waals surface area (Å²) in [4.78, 5) is 15.8. The van der Waals surface area contributed by atoms with Crippen LogP contribution in [0.25, 0.3) is 10.2 Å². The molecule has 19 heavy (non-hydrogen) atoms. The standard InChI is InChI=1S/C13H17N3OS.ClH/c1-13(2,3)12-16-9-5-4-8(6-10(9)18-12)15-11(17)7-14;/h4-6H,7,14H2,1-3H3,(H,15,17);1H. The summed E-state index contributed by atoms with van der Waals surface area (Å²) in [5.74, 6) is -0.185. The molecule has 2 rings (SSSR count). The summed E-state index contributed by atoms with van der Waals surface area (Å²) in [6.45, 7) is 6.42. The van der Waals surface area contributed by atoms with Gasteiger partial charge in [-0.25, -0.2) is 4.98 Å². The van der Waals surface area contributed by atoms with E-state index in [0.29, 0.717) is 0 Å². The highest BCUT2D eigenvalue weighted by Crippen LogP contribution is 2.32. The van der Waals surface area contributed by atoms with E-state index in [9.17, 15) is 4.79 Å². The molecule has 0 atom stereocenters. The van der Waals surface area contributed by atoms with Gasteiger partial charge in [0.1, 0.15) is 0 Å². The molecule has 0 saturated heterocycles. The Labute approximate surface area is 122 Å². The molecule has 1 aromatic carbocycles. The number of thiazole rings is 1. The average Bonchev–Trinajstić information content (AvgIpc) is 2.71. The van der Waals surface area contributed by atoms with Crippen molar-refractivity contribution in [2.45, 2.75) is 26.2 Å².